The second-order valence-corrected chi connectivity index (χ2v) is 7.69. The number of hydrogen-bond acceptors (Lipinski definition) is 1. The van der Waals surface area contributed by atoms with Crippen LogP contribution in [0.3, 0.4) is 0 Å². The summed E-state index contributed by atoms with van der Waals surface area (Å²) in [6, 6.07) is 8.96. The topological polar surface area (TPSA) is 3.24 Å². The Labute approximate surface area is 147 Å². The molecule has 1 aliphatic heterocycles. The number of benzene rings is 1. The summed E-state index contributed by atoms with van der Waals surface area (Å²) < 4.78 is 0. The van der Waals surface area contributed by atoms with E-state index in [1.165, 1.54) is 29.7 Å². The number of hydrogen-bond donors (Lipinski definition) is 0. The van der Waals surface area contributed by atoms with Crippen LogP contribution in [-0.4, -0.2) is 18.0 Å². The van der Waals surface area contributed by atoms with E-state index < -0.39 is 0 Å². The van der Waals surface area contributed by atoms with Crippen molar-refractivity contribution in [3.05, 3.63) is 72.0 Å². The molecule has 1 fully saturated rings. The van der Waals surface area contributed by atoms with Gasteiger partial charge in [0.15, 0.2) is 0 Å². The quantitative estimate of drug-likeness (QED) is 0.657. The molecule has 0 bridgehead atoms. The zero-order valence-corrected chi connectivity index (χ0v) is 15.4. The molecule has 3 unspecified atom stereocenters. The molecule has 0 radical (unpaired) electrons. The molecule has 128 valence electrons. The Bertz CT molecular complexity index is 631. The van der Waals surface area contributed by atoms with E-state index in [1.54, 1.807) is 0 Å². The predicted molar refractivity (Wildman–Crippen MR) is 104 cm³/mol. The maximum absolute atomic E-state index is 4.58. The van der Waals surface area contributed by atoms with Gasteiger partial charge in [-0.15, -0.1) is 0 Å². The Kier molecular flexibility index (Phi) is 5.28. The van der Waals surface area contributed by atoms with Crippen LogP contribution in [0.15, 0.2) is 60.8 Å². The molecule has 0 N–H and O–H groups in total. The molecule has 1 aromatic carbocycles. The highest BCUT2D eigenvalue weighted by molar-refractivity contribution is 5.41. The molecule has 0 amide bonds. The molecule has 1 aromatic rings. The first-order chi connectivity index (χ1) is 11.6. The number of fused-ring (bicyclic) bond motifs is 1. The van der Waals surface area contributed by atoms with E-state index in [0.29, 0.717) is 17.8 Å². The molecule has 24 heavy (non-hydrogen) atoms. The Hall–Kier alpha value is -1.76. The Morgan fingerprint density at radius 2 is 1.58 bits per heavy atom. The summed E-state index contributed by atoms with van der Waals surface area (Å²) in [5.74, 6) is 2.11. The second-order valence-electron chi connectivity index (χ2n) is 7.69. The van der Waals surface area contributed by atoms with Crippen LogP contribution in [0, 0.1) is 11.8 Å². The van der Waals surface area contributed by atoms with Crippen molar-refractivity contribution in [3.63, 3.8) is 0 Å². The molecule has 3 atom stereocenters. The highest BCUT2D eigenvalue weighted by Crippen LogP contribution is 2.39. The molecule has 0 aromatic heterocycles. The maximum Gasteiger partial charge on any atom is 0.0296 e. The lowest BCUT2D eigenvalue weighted by Gasteiger charge is -2.39. The normalized spacial score (nSPS) is 30.6. The summed E-state index contributed by atoms with van der Waals surface area (Å²) in [5, 5.41) is 0. The molecule has 3 rings (SSSR count). The molecular weight excluding hydrogens is 290 g/mol. The van der Waals surface area contributed by atoms with E-state index in [-0.39, 0.29) is 0 Å². The molecule has 1 saturated heterocycles. The third kappa shape index (κ3) is 3.50. The minimum atomic E-state index is 0.369. The van der Waals surface area contributed by atoms with E-state index in [1.807, 2.05) is 0 Å². The lowest BCUT2D eigenvalue weighted by atomic mass is 9.79. The summed E-state index contributed by atoms with van der Waals surface area (Å²) in [6.07, 6.45) is 11.6. The number of rotatable bonds is 2. The van der Waals surface area contributed by atoms with Crippen molar-refractivity contribution in [1.82, 2.24) is 4.90 Å². The summed E-state index contributed by atoms with van der Waals surface area (Å²) in [4.78, 5) is 2.54. The third-order valence-electron chi connectivity index (χ3n) is 5.82. The van der Waals surface area contributed by atoms with Gasteiger partial charge in [0.2, 0.25) is 0 Å². The van der Waals surface area contributed by atoms with Crippen LogP contribution in [0.5, 0.6) is 0 Å². The molecular formula is C23H31N. The SMILES string of the molecule is C=C(C1c2ccccc2C(C)/C=C\C=C/C1C)N1CCC(C)CC1. The predicted octanol–water partition coefficient (Wildman–Crippen LogP) is 5.88. The molecule has 0 saturated carbocycles. The minimum absolute atomic E-state index is 0.369. The molecule has 2 aliphatic rings. The van der Waals surface area contributed by atoms with E-state index in [4.69, 9.17) is 0 Å². The van der Waals surface area contributed by atoms with Crippen LogP contribution in [0.1, 0.15) is 56.6 Å². The largest absolute Gasteiger partial charge is 0.375 e. The van der Waals surface area contributed by atoms with Gasteiger partial charge in [0.05, 0.1) is 0 Å². The summed E-state index contributed by atoms with van der Waals surface area (Å²) >= 11 is 0. The van der Waals surface area contributed by atoms with Crippen molar-refractivity contribution >= 4 is 0 Å². The first kappa shape index (κ1) is 17.1. The average molecular weight is 322 g/mol. The van der Waals surface area contributed by atoms with Crippen molar-refractivity contribution < 1.29 is 0 Å². The summed E-state index contributed by atoms with van der Waals surface area (Å²) in [5.41, 5.74) is 4.21. The zero-order chi connectivity index (χ0) is 17.1. The van der Waals surface area contributed by atoms with Crippen molar-refractivity contribution in [1.29, 1.82) is 0 Å². The summed E-state index contributed by atoms with van der Waals surface area (Å²) in [7, 11) is 0. The maximum atomic E-state index is 4.58. The number of nitrogens with zero attached hydrogens (tertiary/aromatic N) is 1. The molecule has 0 spiro atoms. The lowest BCUT2D eigenvalue weighted by molar-refractivity contribution is 0.221. The molecule has 1 heterocycles. The zero-order valence-electron chi connectivity index (χ0n) is 15.4. The Balaban J connectivity index is 1.97. The van der Waals surface area contributed by atoms with E-state index in [2.05, 4.69) is 80.8 Å². The first-order valence-electron chi connectivity index (χ1n) is 9.45. The molecule has 1 nitrogen and oxygen atoms in total. The van der Waals surface area contributed by atoms with Gasteiger partial charge in [-0.25, -0.2) is 0 Å². The van der Waals surface area contributed by atoms with Crippen LogP contribution in [0.25, 0.3) is 0 Å². The fraction of sp³-hybridized carbons (Fsp3) is 0.478. The van der Waals surface area contributed by atoms with Gasteiger partial charge in [-0.1, -0.05) is 75.9 Å². The minimum Gasteiger partial charge on any atom is -0.375 e. The fourth-order valence-corrected chi connectivity index (χ4v) is 4.15. The van der Waals surface area contributed by atoms with Gasteiger partial charge in [-0.05, 0) is 41.7 Å². The fourth-order valence-electron chi connectivity index (χ4n) is 4.15. The Morgan fingerprint density at radius 3 is 2.29 bits per heavy atom. The van der Waals surface area contributed by atoms with E-state index >= 15 is 0 Å². The monoisotopic (exact) mass is 321 g/mol. The van der Waals surface area contributed by atoms with Crippen molar-refractivity contribution in [2.24, 2.45) is 11.8 Å². The van der Waals surface area contributed by atoms with E-state index in [0.717, 1.165) is 19.0 Å². The highest BCUT2D eigenvalue weighted by Gasteiger charge is 2.29. The second kappa shape index (κ2) is 7.42. The van der Waals surface area contributed by atoms with Crippen molar-refractivity contribution in [2.45, 2.75) is 45.4 Å². The van der Waals surface area contributed by atoms with Gasteiger partial charge in [0.25, 0.3) is 0 Å². The van der Waals surface area contributed by atoms with Crippen molar-refractivity contribution in [3.8, 4) is 0 Å². The number of likely N-dealkylation sites (tertiary alicyclic amines) is 1. The van der Waals surface area contributed by atoms with Crippen molar-refractivity contribution in [2.75, 3.05) is 13.1 Å². The number of allylic oxidation sites excluding steroid dienone is 5. The van der Waals surface area contributed by atoms with Crippen LogP contribution >= 0.6 is 0 Å². The van der Waals surface area contributed by atoms with Gasteiger partial charge < -0.3 is 4.90 Å². The van der Waals surface area contributed by atoms with Gasteiger partial charge in [-0.3, -0.25) is 0 Å². The highest BCUT2D eigenvalue weighted by atomic mass is 15.1. The number of piperidine rings is 1. The van der Waals surface area contributed by atoms with Gasteiger partial charge in [0.1, 0.15) is 0 Å². The van der Waals surface area contributed by atoms with Gasteiger partial charge in [-0.2, -0.15) is 0 Å². The third-order valence-corrected chi connectivity index (χ3v) is 5.82. The smallest absolute Gasteiger partial charge is 0.0296 e. The Morgan fingerprint density at radius 1 is 0.958 bits per heavy atom. The molecule has 1 aliphatic carbocycles. The van der Waals surface area contributed by atoms with Crippen LogP contribution < -0.4 is 0 Å². The van der Waals surface area contributed by atoms with Gasteiger partial charge in [0, 0.05) is 24.7 Å². The van der Waals surface area contributed by atoms with E-state index in [9.17, 15) is 0 Å². The van der Waals surface area contributed by atoms with Crippen LogP contribution in [-0.2, 0) is 0 Å². The van der Waals surface area contributed by atoms with Crippen LogP contribution in [0.2, 0.25) is 0 Å². The average Bonchev–Trinajstić information content (AvgIpc) is 2.64. The molecule has 1 heteroatoms. The first-order valence-corrected chi connectivity index (χ1v) is 9.45. The standard InChI is InChI=1S/C23H31N/c1-17-13-15-24(16-14-17)20(4)23-19(3)10-6-5-9-18(2)21-11-7-8-12-22(21)23/h5-12,17-19,23H,4,13-16H2,1-3H3/b9-5-,10-6-. The lowest BCUT2D eigenvalue weighted by Crippen LogP contribution is -2.35. The van der Waals surface area contributed by atoms with Crippen LogP contribution in [0.4, 0.5) is 0 Å². The summed E-state index contributed by atoms with van der Waals surface area (Å²) in [6.45, 7) is 13.9. The van der Waals surface area contributed by atoms with Gasteiger partial charge >= 0.3 is 0 Å².